The Labute approximate surface area is 107 Å². The van der Waals surface area contributed by atoms with Crippen molar-refractivity contribution in [3.05, 3.63) is 41.6 Å². The summed E-state index contributed by atoms with van der Waals surface area (Å²) >= 11 is 0. The Bertz CT molecular complexity index is 454. The van der Waals surface area contributed by atoms with E-state index < -0.39 is 0 Å². The van der Waals surface area contributed by atoms with Crippen LogP contribution in [0.1, 0.15) is 13.3 Å². The van der Waals surface area contributed by atoms with E-state index in [0.29, 0.717) is 30.8 Å². The molecule has 4 nitrogen and oxygen atoms in total. The van der Waals surface area contributed by atoms with E-state index in [1.807, 2.05) is 30.3 Å². The SMILES string of the molecule is CCOC(=O)C1=C(N)CCN(c2ccccc2)C1. The van der Waals surface area contributed by atoms with Gasteiger partial charge in [0, 0.05) is 24.4 Å². The molecular formula is C14H18N2O2. The molecule has 0 bridgehead atoms. The number of benzene rings is 1. The summed E-state index contributed by atoms with van der Waals surface area (Å²) in [5, 5.41) is 0. The molecule has 1 heterocycles. The molecule has 0 fully saturated rings. The maximum absolute atomic E-state index is 11.8. The third-order valence-electron chi connectivity index (χ3n) is 3.03. The quantitative estimate of drug-likeness (QED) is 0.824. The first kappa shape index (κ1) is 12.5. The Balaban J connectivity index is 2.15. The predicted octanol–water partition coefficient (Wildman–Crippen LogP) is 1.67. The van der Waals surface area contributed by atoms with Crippen LogP contribution < -0.4 is 10.6 Å². The largest absolute Gasteiger partial charge is 0.463 e. The van der Waals surface area contributed by atoms with Crippen molar-refractivity contribution < 1.29 is 9.53 Å². The number of para-hydroxylation sites is 1. The lowest BCUT2D eigenvalue weighted by molar-refractivity contribution is -0.138. The molecule has 1 aromatic rings. The van der Waals surface area contributed by atoms with Crippen molar-refractivity contribution in [2.45, 2.75) is 13.3 Å². The summed E-state index contributed by atoms with van der Waals surface area (Å²) in [4.78, 5) is 13.9. The second-order valence-electron chi connectivity index (χ2n) is 4.23. The van der Waals surface area contributed by atoms with E-state index in [4.69, 9.17) is 10.5 Å². The third-order valence-corrected chi connectivity index (χ3v) is 3.03. The molecule has 2 N–H and O–H groups in total. The number of hydrogen-bond acceptors (Lipinski definition) is 4. The zero-order chi connectivity index (χ0) is 13.0. The molecule has 2 rings (SSSR count). The summed E-state index contributed by atoms with van der Waals surface area (Å²) in [5.41, 5.74) is 8.25. The van der Waals surface area contributed by atoms with Crippen LogP contribution in [-0.4, -0.2) is 25.7 Å². The Morgan fingerprint density at radius 3 is 2.78 bits per heavy atom. The van der Waals surface area contributed by atoms with E-state index in [-0.39, 0.29) is 5.97 Å². The van der Waals surface area contributed by atoms with Crippen LogP contribution in [0.2, 0.25) is 0 Å². The third kappa shape index (κ3) is 2.64. The number of anilines is 1. The molecule has 1 aliphatic rings. The second kappa shape index (κ2) is 5.58. The summed E-state index contributed by atoms with van der Waals surface area (Å²) in [7, 11) is 0. The molecular weight excluding hydrogens is 228 g/mol. The van der Waals surface area contributed by atoms with Gasteiger partial charge in [0.1, 0.15) is 0 Å². The molecule has 0 amide bonds. The van der Waals surface area contributed by atoms with Crippen LogP contribution in [0.25, 0.3) is 0 Å². The summed E-state index contributed by atoms with van der Waals surface area (Å²) in [5.74, 6) is -0.296. The van der Waals surface area contributed by atoms with E-state index in [1.54, 1.807) is 6.92 Å². The minimum Gasteiger partial charge on any atom is -0.463 e. The Hall–Kier alpha value is -1.97. The minimum absolute atomic E-state index is 0.296. The second-order valence-corrected chi connectivity index (χ2v) is 4.23. The number of rotatable bonds is 3. The van der Waals surface area contributed by atoms with Crippen LogP contribution in [-0.2, 0) is 9.53 Å². The van der Waals surface area contributed by atoms with E-state index in [2.05, 4.69) is 4.90 Å². The molecule has 96 valence electrons. The zero-order valence-corrected chi connectivity index (χ0v) is 10.6. The van der Waals surface area contributed by atoms with Gasteiger partial charge >= 0.3 is 5.97 Å². The first-order valence-electron chi connectivity index (χ1n) is 6.17. The van der Waals surface area contributed by atoms with Crippen molar-refractivity contribution in [1.29, 1.82) is 0 Å². The fraction of sp³-hybridized carbons (Fsp3) is 0.357. The van der Waals surface area contributed by atoms with Gasteiger partial charge in [-0.25, -0.2) is 4.79 Å². The van der Waals surface area contributed by atoms with E-state index in [0.717, 1.165) is 12.2 Å². The summed E-state index contributed by atoms with van der Waals surface area (Å²) in [6, 6.07) is 10.0. The number of nitrogens with two attached hydrogens (primary N) is 1. The molecule has 18 heavy (non-hydrogen) atoms. The molecule has 4 heteroatoms. The highest BCUT2D eigenvalue weighted by molar-refractivity contribution is 5.90. The van der Waals surface area contributed by atoms with Gasteiger partial charge in [0.2, 0.25) is 0 Å². The maximum Gasteiger partial charge on any atom is 0.337 e. The highest BCUT2D eigenvalue weighted by Crippen LogP contribution is 2.22. The van der Waals surface area contributed by atoms with Gasteiger partial charge < -0.3 is 15.4 Å². The molecule has 0 unspecified atom stereocenters. The van der Waals surface area contributed by atoms with Gasteiger partial charge in [-0.05, 0) is 19.1 Å². The fourth-order valence-electron chi connectivity index (χ4n) is 2.05. The standard InChI is InChI=1S/C14H18N2O2/c1-2-18-14(17)12-10-16(9-8-13(12)15)11-6-4-3-5-7-11/h3-7H,2,8-10,15H2,1H3. The van der Waals surface area contributed by atoms with Crippen LogP contribution in [0.15, 0.2) is 41.6 Å². The van der Waals surface area contributed by atoms with Gasteiger partial charge in [0.15, 0.2) is 0 Å². The van der Waals surface area contributed by atoms with Gasteiger partial charge in [-0.15, -0.1) is 0 Å². The Morgan fingerprint density at radius 2 is 2.11 bits per heavy atom. The van der Waals surface area contributed by atoms with Crippen LogP contribution in [0, 0.1) is 0 Å². The Morgan fingerprint density at radius 1 is 1.39 bits per heavy atom. The molecule has 0 atom stereocenters. The molecule has 0 spiro atoms. The van der Waals surface area contributed by atoms with Crippen molar-refractivity contribution >= 4 is 11.7 Å². The maximum atomic E-state index is 11.8. The first-order chi connectivity index (χ1) is 8.72. The van der Waals surface area contributed by atoms with Crippen LogP contribution in [0.4, 0.5) is 5.69 Å². The van der Waals surface area contributed by atoms with Crippen LogP contribution >= 0.6 is 0 Å². The highest BCUT2D eigenvalue weighted by atomic mass is 16.5. The predicted molar refractivity (Wildman–Crippen MR) is 71.1 cm³/mol. The average Bonchev–Trinajstić information content (AvgIpc) is 2.40. The van der Waals surface area contributed by atoms with Crippen molar-refractivity contribution in [2.75, 3.05) is 24.6 Å². The van der Waals surface area contributed by atoms with Crippen molar-refractivity contribution in [2.24, 2.45) is 5.73 Å². The summed E-state index contributed by atoms with van der Waals surface area (Å²) < 4.78 is 5.03. The highest BCUT2D eigenvalue weighted by Gasteiger charge is 2.23. The number of esters is 1. The zero-order valence-electron chi connectivity index (χ0n) is 10.6. The molecule has 0 saturated heterocycles. The summed E-state index contributed by atoms with van der Waals surface area (Å²) in [6.45, 7) is 3.53. The van der Waals surface area contributed by atoms with Crippen molar-refractivity contribution in [3.63, 3.8) is 0 Å². The number of carbonyl (C=O) groups excluding carboxylic acids is 1. The number of nitrogens with zero attached hydrogens (tertiary/aromatic N) is 1. The van der Waals surface area contributed by atoms with Gasteiger partial charge in [-0.3, -0.25) is 0 Å². The monoisotopic (exact) mass is 246 g/mol. The number of carbonyl (C=O) groups is 1. The van der Waals surface area contributed by atoms with E-state index in [9.17, 15) is 4.79 Å². The van der Waals surface area contributed by atoms with Crippen molar-refractivity contribution in [1.82, 2.24) is 0 Å². The topological polar surface area (TPSA) is 55.6 Å². The molecule has 1 aromatic carbocycles. The first-order valence-corrected chi connectivity index (χ1v) is 6.17. The Kier molecular flexibility index (Phi) is 3.87. The minimum atomic E-state index is -0.296. The lowest BCUT2D eigenvalue weighted by Crippen LogP contribution is -2.36. The van der Waals surface area contributed by atoms with Crippen LogP contribution in [0.3, 0.4) is 0 Å². The normalized spacial score (nSPS) is 15.7. The van der Waals surface area contributed by atoms with Gasteiger partial charge in [0.25, 0.3) is 0 Å². The molecule has 0 aromatic heterocycles. The van der Waals surface area contributed by atoms with E-state index in [1.165, 1.54) is 0 Å². The van der Waals surface area contributed by atoms with Crippen LogP contribution in [0.5, 0.6) is 0 Å². The average molecular weight is 246 g/mol. The molecule has 1 aliphatic heterocycles. The van der Waals surface area contributed by atoms with E-state index >= 15 is 0 Å². The van der Waals surface area contributed by atoms with Gasteiger partial charge in [-0.2, -0.15) is 0 Å². The molecule has 0 saturated carbocycles. The fourth-order valence-corrected chi connectivity index (χ4v) is 2.05. The molecule has 0 radical (unpaired) electrons. The lowest BCUT2D eigenvalue weighted by atomic mass is 10.1. The number of ether oxygens (including phenoxy) is 1. The number of hydrogen-bond donors (Lipinski definition) is 1. The molecule has 0 aliphatic carbocycles. The van der Waals surface area contributed by atoms with Crippen molar-refractivity contribution in [3.8, 4) is 0 Å². The van der Waals surface area contributed by atoms with Gasteiger partial charge in [0.05, 0.1) is 18.7 Å². The lowest BCUT2D eigenvalue weighted by Gasteiger charge is -2.30. The summed E-state index contributed by atoms with van der Waals surface area (Å²) in [6.07, 6.45) is 0.697. The van der Waals surface area contributed by atoms with Gasteiger partial charge in [-0.1, -0.05) is 18.2 Å². The smallest absolute Gasteiger partial charge is 0.337 e.